The Kier molecular flexibility index (Phi) is 6.76. The first-order chi connectivity index (χ1) is 14.5. The van der Waals surface area contributed by atoms with Crippen LogP contribution < -0.4 is 14.5 Å². The molecule has 0 bridgehead atoms. The SMILES string of the molecule is COc1cccc(/C=N\NC(=O)CN(c2ccccn2)S(=O)(=O)c2ccccc2)c1. The van der Waals surface area contributed by atoms with Gasteiger partial charge in [0.2, 0.25) is 0 Å². The first-order valence-corrected chi connectivity index (χ1v) is 10.4. The van der Waals surface area contributed by atoms with Crippen molar-refractivity contribution in [3.63, 3.8) is 0 Å². The van der Waals surface area contributed by atoms with Gasteiger partial charge in [-0.1, -0.05) is 36.4 Å². The molecule has 0 fully saturated rings. The summed E-state index contributed by atoms with van der Waals surface area (Å²) in [4.78, 5) is 16.6. The number of carbonyl (C=O) groups is 1. The van der Waals surface area contributed by atoms with E-state index in [9.17, 15) is 13.2 Å². The standard InChI is InChI=1S/C21H20N4O4S/c1-29-18-9-7-8-17(14-18)15-23-24-21(26)16-25(20-12-5-6-13-22-20)30(27,28)19-10-3-2-4-11-19/h2-15H,16H2,1H3,(H,24,26)/b23-15-. The smallest absolute Gasteiger partial charge is 0.265 e. The van der Waals surface area contributed by atoms with E-state index in [4.69, 9.17) is 4.74 Å². The molecule has 0 aliphatic carbocycles. The van der Waals surface area contributed by atoms with Crippen LogP contribution in [0.1, 0.15) is 5.56 Å². The summed E-state index contributed by atoms with van der Waals surface area (Å²) in [6.07, 6.45) is 2.90. The van der Waals surface area contributed by atoms with Gasteiger partial charge in [0, 0.05) is 6.20 Å². The Morgan fingerprint density at radius 3 is 2.57 bits per heavy atom. The van der Waals surface area contributed by atoms with E-state index >= 15 is 0 Å². The number of hydrazone groups is 1. The maximum absolute atomic E-state index is 13.1. The lowest BCUT2D eigenvalue weighted by molar-refractivity contribution is -0.119. The molecule has 3 rings (SSSR count). The van der Waals surface area contributed by atoms with Gasteiger partial charge in [-0.3, -0.25) is 4.79 Å². The minimum atomic E-state index is -3.99. The number of amides is 1. The van der Waals surface area contributed by atoms with Crippen molar-refractivity contribution in [1.82, 2.24) is 10.4 Å². The highest BCUT2D eigenvalue weighted by atomic mass is 32.2. The van der Waals surface area contributed by atoms with Gasteiger partial charge in [0.1, 0.15) is 18.1 Å². The van der Waals surface area contributed by atoms with E-state index in [0.29, 0.717) is 11.3 Å². The second-order valence-electron chi connectivity index (χ2n) is 6.08. The van der Waals surface area contributed by atoms with Crippen LogP contribution in [0.2, 0.25) is 0 Å². The summed E-state index contributed by atoms with van der Waals surface area (Å²) in [5.74, 6) is 0.174. The molecule has 1 aromatic heterocycles. The van der Waals surface area contributed by atoms with Gasteiger partial charge in [-0.2, -0.15) is 5.10 Å². The second kappa shape index (κ2) is 9.66. The van der Waals surface area contributed by atoms with Gasteiger partial charge in [-0.25, -0.2) is 23.1 Å². The Labute approximate surface area is 174 Å². The fourth-order valence-corrected chi connectivity index (χ4v) is 3.97. The molecule has 2 aromatic carbocycles. The van der Waals surface area contributed by atoms with Crippen molar-refractivity contribution in [2.75, 3.05) is 18.0 Å². The average molecular weight is 424 g/mol. The zero-order chi connectivity index (χ0) is 21.4. The number of anilines is 1. The third-order valence-electron chi connectivity index (χ3n) is 4.02. The van der Waals surface area contributed by atoms with Gasteiger partial charge in [0.05, 0.1) is 18.2 Å². The summed E-state index contributed by atoms with van der Waals surface area (Å²) in [6.45, 7) is -0.482. The molecule has 0 aliphatic rings. The molecule has 0 saturated carbocycles. The number of aromatic nitrogens is 1. The number of rotatable bonds is 8. The van der Waals surface area contributed by atoms with Gasteiger partial charge >= 0.3 is 0 Å². The molecular weight excluding hydrogens is 404 g/mol. The van der Waals surface area contributed by atoms with Crippen LogP contribution in [0.25, 0.3) is 0 Å². The normalized spacial score (nSPS) is 11.2. The van der Waals surface area contributed by atoms with Crippen molar-refractivity contribution in [2.24, 2.45) is 5.10 Å². The summed E-state index contributed by atoms with van der Waals surface area (Å²) in [5.41, 5.74) is 3.06. The largest absolute Gasteiger partial charge is 0.497 e. The summed E-state index contributed by atoms with van der Waals surface area (Å²) in [7, 11) is -2.44. The van der Waals surface area contributed by atoms with Gasteiger partial charge in [-0.15, -0.1) is 0 Å². The number of pyridine rings is 1. The fraction of sp³-hybridized carbons (Fsp3) is 0.0952. The van der Waals surface area contributed by atoms with Crippen LogP contribution in [0.4, 0.5) is 5.82 Å². The van der Waals surface area contributed by atoms with E-state index in [2.05, 4.69) is 15.5 Å². The van der Waals surface area contributed by atoms with Crippen LogP contribution in [0.3, 0.4) is 0 Å². The van der Waals surface area contributed by atoms with E-state index in [0.717, 1.165) is 4.31 Å². The first kappa shape index (κ1) is 21.0. The van der Waals surface area contributed by atoms with Crippen molar-refractivity contribution >= 4 is 28.0 Å². The van der Waals surface area contributed by atoms with Crippen LogP contribution in [0, 0.1) is 0 Å². The summed E-state index contributed by atoms with van der Waals surface area (Å²) >= 11 is 0. The average Bonchev–Trinajstić information content (AvgIpc) is 2.78. The third-order valence-corrected chi connectivity index (χ3v) is 5.78. The lowest BCUT2D eigenvalue weighted by atomic mass is 10.2. The van der Waals surface area contributed by atoms with Crippen LogP contribution in [0.5, 0.6) is 5.75 Å². The Morgan fingerprint density at radius 2 is 1.87 bits per heavy atom. The number of nitrogens with one attached hydrogen (secondary N) is 1. The number of hydrogen-bond acceptors (Lipinski definition) is 6. The topological polar surface area (TPSA) is 101 Å². The predicted octanol–water partition coefficient (Wildman–Crippen LogP) is 2.44. The number of carbonyl (C=O) groups excluding carboxylic acids is 1. The van der Waals surface area contributed by atoms with Crippen LogP contribution in [-0.2, 0) is 14.8 Å². The molecular formula is C21H20N4O4S. The fourth-order valence-electron chi connectivity index (χ4n) is 2.58. The second-order valence-corrected chi connectivity index (χ2v) is 7.94. The number of methoxy groups -OCH3 is 1. The number of nitrogens with zero attached hydrogens (tertiary/aromatic N) is 3. The molecule has 8 nitrogen and oxygen atoms in total. The minimum absolute atomic E-state index is 0.0586. The Balaban J connectivity index is 1.78. The van der Waals surface area contributed by atoms with Crippen LogP contribution >= 0.6 is 0 Å². The Morgan fingerprint density at radius 1 is 1.10 bits per heavy atom. The molecule has 1 N–H and O–H groups in total. The molecule has 0 aliphatic heterocycles. The predicted molar refractivity (Wildman–Crippen MR) is 114 cm³/mol. The molecule has 0 spiro atoms. The summed E-state index contributed by atoms with van der Waals surface area (Å²) < 4.78 is 32.3. The molecule has 3 aromatic rings. The summed E-state index contributed by atoms with van der Waals surface area (Å²) in [6, 6.07) is 19.8. The number of hydrogen-bond donors (Lipinski definition) is 1. The van der Waals surface area contributed by atoms with Crippen molar-refractivity contribution in [3.8, 4) is 5.75 Å². The quantitative estimate of drug-likeness (QED) is 0.442. The highest BCUT2D eigenvalue weighted by Crippen LogP contribution is 2.21. The maximum Gasteiger partial charge on any atom is 0.265 e. The maximum atomic E-state index is 13.1. The number of sulfonamides is 1. The van der Waals surface area contributed by atoms with Crippen molar-refractivity contribution in [3.05, 3.63) is 84.6 Å². The van der Waals surface area contributed by atoms with E-state index in [1.165, 1.54) is 30.6 Å². The van der Waals surface area contributed by atoms with Gasteiger partial charge in [0.15, 0.2) is 0 Å². The Hall–Kier alpha value is -3.72. The molecule has 0 unspecified atom stereocenters. The number of benzene rings is 2. The molecule has 30 heavy (non-hydrogen) atoms. The van der Waals surface area contributed by atoms with Crippen LogP contribution in [-0.4, -0.2) is 39.2 Å². The monoisotopic (exact) mass is 424 g/mol. The zero-order valence-electron chi connectivity index (χ0n) is 16.2. The summed E-state index contributed by atoms with van der Waals surface area (Å²) in [5, 5.41) is 3.90. The lowest BCUT2D eigenvalue weighted by Gasteiger charge is -2.22. The molecule has 154 valence electrons. The van der Waals surface area contributed by atoms with E-state index < -0.39 is 22.5 Å². The first-order valence-electron chi connectivity index (χ1n) is 8.95. The van der Waals surface area contributed by atoms with E-state index in [-0.39, 0.29) is 10.7 Å². The lowest BCUT2D eigenvalue weighted by Crippen LogP contribution is -2.40. The zero-order valence-corrected chi connectivity index (χ0v) is 17.0. The molecule has 0 atom stereocenters. The molecule has 0 saturated heterocycles. The Bertz CT molecular complexity index is 1120. The van der Waals surface area contributed by atoms with Gasteiger partial charge in [0.25, 0.3) is 15.9 Å². The van der Waals surface area contributed by atoms with Crippen molar-refractivity contribution in [1.29, 1.82) is 0 Å². The van der Waals surface area contributed by atoms with Crippen LogP contribution in [0.15, 0.2) is 89.0 Å². The van der Waals surface area contributed by atoms with Crippen molar-refractivity contribution in [2.45, 2.75) is 4.90 Å². The number of ether oxygens (including phenoxy) is 1. The molecule has 9 heteroatoms. The van der Waals surface area contributed by atoms with E-state index in [1.54, 1.807) is 61.7 Å². The van der Waals surface area contributed by atoms with Gasteiger partial charge in [-0.05, 0) is 42.0 Å². The highest BCUT2D eigenvalue weighted by Gasteiger charge is 2.27. The highest BCUT2D eigenvalue weighted by molar-refractivity contribution is 7.92. The van der Waals surface area contributed by atoms with E-state index in [1.807, 2.05) is 0 Å². The van der Waals surface area contributed by atoms with Gasteiger partial charge < -0.3 is 4.74 Å². The molecule has 0 radical (unpaired) electrons. The van der Waals surface area contributed by atoms with Crippen molar-refractivity contribution < 1.29 is 17.9 Å². The minimum Gasteiger partial charge on any atom is -0.497 e. The molecule has 1 amide bonds. The third kappa shape index (κ3) is 5.21. The molecule has 1 heterocycles.